The maximum Gasteiger partial charge on any atom is 0.355 e. The Bertz CT molecular complexity index is 1080. The summed E-state index contributed by atoms with van der Waals surface area (Å²) in [7, 11) is 2.50. The van der Waals surface area contributed by atoms with Crippen molar-refractivity contribution in [2.24, 2.45) is 0 Å². The fourth-order valence-corrected chi connectivity index (χ4v) is 3.21. The minimum absolute atomic E-state index is 0.0438. The topological polar surface area (TPSA) is 91.1 Å². The fraction of sp³-hybridized carbons (Fsp3) is 0.190. The van der Waals surface area contributed by atoms with Gasteiger partial charge >= 0.3 is 11.9 Å². The largest absolute Gasteiger partial charge is 0.466 e. The smallest absolute Gasteiger partial charge is 0.355 e. The Hall–Kier alpha value is -3.65. The molecule has 0 radical (unpaired) electrons. The molecule has 3 aromatic rings. The second kappa shape index (κ2) is 7.76. The molecule has 29 heavy (non-hydrogen) atoms. The third-order valence-corrected chi connectivity index (χ3v) is 4.55. The number of ether oxygens (including phenoxy) is 3. The highest BCUT2D eigenvalue weighted by molar-refractivity contribution is 6.04. The quantitative estimate of drug-likeness (QED) is 0.624. The standard InChI is InChI=1S/C21H18N2O6/c1-26-20(24)14-11-28-12-23(18(14)21(25)27-2)16-9-5-3-7-13(16)19-22-15-8-4-6-10-17(15)29-19/h3-10H,11-12H2,1-2H3. The highest BCUT2D eigenvalue weighted by Gasteiger charge is 2.33. The van der Waals surface area contributed by atoms with Crippen molar-refractivity contribution >= 4 is 28.7 Å². The van der Waals surface area contributed by atoms with Crippen molar-refractivity contribution in [1.82, 2.24) is 4.98 Å². The van der Waals surface area contributed by atoms with Gasteiger partial charge in [0.1, 0.15) is 17.9 Å². The summed E-state index contributed by atoms with van der Waals surface area (Å²) >= 11 is 0. The van der Waals surface area contributed by atoms with E-state index >= 15 is 0 Å². The van der Waals surface area contributed by atoms with Crippen molar-refractivity contribution in [1.29, 1.82) is 0 Å². The molecule has 0 unspecified atom stereocenters. The Morgan fingerprint density at radius 2 is 1.72 bits per heavy atom. The Kier molecular flexibility index (Phi) is 5.01. The molecule has 1 aromatic heterocycles. The SMILES string of the molecule is COC(=O)C1=C(C(=O)OC)N(c2ccccc2-c2nc3ccccc3o2)COC1. The second-order valence-electron chi connectivity index (χ2n) is 6.22. The van der Waals surface area contributed by atoms with Gasteiger partial charge < -0.3 is 23.5 Å². The zero-order chi connectivity index (χ0) is 20.4. The molecule has 0 atom stereocenters. The molecular formula is C21H18N2O6. The Morgan fingerprint density at radius 1 is 1.00 bits per heavy atom. The normalized spacial score (nSPS) is 14.2. The van der Waals surface area contributed by atoms with Crippen LogP contribution in [0.25, 0.3) is 22.6 Å². The average Bonchev–Trinajstić information content (AvgIpc) is 3.21. The molecule has 1 aliphatic heterocycles. The highest BCUT2D eigenvalue weighted by atomic mass is 16.5. The van der Waals surface area contributed by atoms with Gasteiger partial charge in [0.15, 0.2) is 5.58 Å². The van der Waals surface area contributed by atoms with Gasteiger partial charge in [-0.25, -0.2) is 14.6 Å². The van der Waals surface area contributed by atoms with Crippen molar-refractivity contribution in [3.8, 4) is 11.5 Å². The molecule has 2 aromatic carbocycles. The summed E-state index contributed by atoms with van der Waals surface area (Å²) in [5, 5.41) is 0. The minimum atomic E-state index is -0.666. The van der Waals surface area contributed by atoms with E-state index in [0.717, 1.165) is 0 Å². The summed E-state index contributed by atoms with van der Waals surface area (Å²) in [6, 6.07) is 14.7. The molecule has 148 valence electrons. The number of fused-ring (bicyclic) bond motifs is 1. The first kappa shape index (κ1) is 18.7. The molecule has 0 saturated heterocycles. The van der Waals surface area contributed by atoms with Crippen LogP contribution in [0.15, 0.2) is 64.2 Å². The predicted molar refractivity (Wildman–Crippen MR) is 104 cm³/mol. The van der Waals surface area contributed by atoms with E-state index in [-0.39, 0.29) is 24.6 Å². The third-order valence-electron chi connectivity index (χ3n) is 4.55. The zero-order valence-corrected chi connectivity index (χ0v) is 15.9. The molecular weight excluding hydrogens is 376 g/mol. The van der Waals surface area contributed by atoms with Crippen LogP contribution >= 0.6 is 0 Å². The molecule has 0 spiro atoms. The maximum absolute atomic E-state index is 12.5. The van der Waals surface area contributed by atoms with Gasteiger partial charge in [-0.3, -0.25) is 0 Å². The summed E-state index contributed by atoms with van der Waals surface area (Å²) in [5.74, 6) is -0.938. The zero-order valence-electron chi connectivity index (χ0n) is 15.9. The van der Waals surface area contributed by atoms with Crippen LogP contribution in [0, 0.1) is 0 Å². The monoisotopic (exact) mass is 394 g/mol. The van der Waals surface area contributed by atoms with Crippen LogP contribution in [0.2, 0.25) is 0 Å². The lowest BCUT2D eigenvalue weighted by atomic mass is 10.1. The second-order valence-corrected chi connectivity index (χ2v) is 6.22. The van der Waals surface area contributed by atoms with E-state index in [9.17, 15) is 9.59 Å². The number of para-hydroxylation sites is 3. The molecule has 0 N–H and O–H groups in total. The van der Waals surface area contributed by atoms with Gasteiger partial charge in [-0.1, -0.05) is 24.3 Å². The highest BCUT2D eigenvalue weighted by Crippen LogP contribution is 2.36. The maximum atomic E-state index is 12.5. The molecule has 0 aliphatic carbocycles. The van der Waals surface area contributed by atoms with Crippen LogP contribution in [-0.2, 0) is 23.8 Å². The van der Waals surface area contributed by atoms with Crippen molar-refractivity contribution in [2.75, 3.05) is 32.5 Å². The van der Waals surface area contributed by atoms with E-state index in [4.69, 9.17) is 18.6 Å². The number of nitrogens with zero attached hydrogens (tertiary/aromatic N) is 2. The van der Waals surface area contributed by atoms with Gasteiger partial charge in [0.25, 0.3) is 0 Å². The van der Waals surface area contributed by atoms with Crippen LogP contribution < -0.4 is 4.90 Å². The lowest BCUT2D eigenvalue weighted by Gasteiger charge is -2.32. The molecule has 4 rings (SSSR count). The molecule has 8 heteroatoms. The molecule has 1 aliphatic rings. The summed E-state index contributed by atoms with van der Waals surface area (Å²) in [6.45, 7) is -0.0131. The van der Waals surface area contributed by atoms with E-state index in [1.165, 1.54) is 14.2 Å². The van der Waals surface area contributed by atoms with E-state index in [2.05, 4.69) is 4.98 Å². The number of hydrogen-bond acceptors (Lipinski definition) is 8. The number of esters is 2. The number of aromatic nitrogens is 1. The number of benzene rings is 2. The number of oxazole rings is 1. The fourth-order valence-electron chi connectivity index (χ4n) is 3.21. The minimum Gasteiger partial charge on any atom is -0.466 e. The Labute approximate surface area is 166 Å². The predicted octanol–water partition coefficient (Wildman–Crippen LogP) is 2.89. The van der Waals surface area contributed by atoms with Gasteiger partial charge in [-0.2, -0.15) is 0 Å². The number of carbonyl (C=O) groups is 2. The van der Waals surface area contributed by atoms with E-state index in [0.29, 0.717) is 28.2 Å². The van der Waals surface area contributed by atoms with Crippen LogP contribution in [0.1, 0.15) is 0 Å². The molecule has 0 fully saturated rings. The number of hydrogen-bond donors (Lipinski definition) is 0. The number of anilines is 1. The van der Waals surface area contributed by atoms with E-state index in [1.54, 1.807) is 11.0 Å². The van der Waals surface area contributed by atoms with Gasteiger partial charge in [-0.15, -0.1) is 0 Å². The Balaban J connectivity index is 1.87. The van der Waals surface area contributed by atoms with Crippen LogP contribution in [-0.4, -0.2) is 44.5 Å². The van der Waals surface area contributed by atoms with Crippen LogP contribution in [0.5, 0.6) is 0 Å². The molecule has 0 bridgehead atoms. The first-order valence-corrected chi connectivity index (χ1v) is 8.84. The molecule has 8 nitrogen and oxygen atoms in total. The van der Waals surface area contributed by atoms with Gasteiger partial charge in [0.05, 0.1) is 37.7 Å². The van der Waals surface area contributed by atoms with E-state index < -0.39 is 11.9 Å². The van der Waals surface area contributed by atoms with Crippen LogP contribution in [0.4, 0.5) is 5.69 Å². The van der Waals surface area contributed by atoms with E-state index in [1.807, 2.05) is 42.5 Å². The summed E-state index contributed by atoms with van der Waals surface area (Å²) in [4.78, 5) is 30.9. The lowest BCUT2D eigenvalue weighted by molar-refractivity contribution is -0.140. The summed E-state index contributed by atoms with van der Waals surface area (Å²) in [5.41, 5.74) is 2.73. The van der Waals surface area contributed by atoms with Crippen molar-refractivity contribution in [3.05, 3.63) is 59.8 Å². The molecule has 2 heterocycles. The summed E-state index contributed by atoms with van der Waals surface area (Å²) in [6.07, 6.45) is 0. The first-order chi connectivity index (χ1) is 14.1. The van der Waals surface area contributed by atoms with Crippen molar-refractivity contribution in [2.45, 2.75) is 0 Å². The van der Waals surface area contributed by atoms with Gasteiger partial charge in [0, 0.05) is 0 Å². The van der Waals surface area contributed by atoms with Crippen molar-refractivity contribution in [3.63, 3.8) is 0 Å². The lowest BCUT2D eigenvalue weighted by Crippen LogP contribution is -2.39. The Morgan fingerprint density at radius 3 is 2.48 bits per heavy atom. The number of methoxy groups -OCH3 is 2. The molecule has 0 amide bonds. The van der Waals surface area contributed by atoms with Gasteiger partial charge in [-0.05, 0) is 24.3 Å². The first-order valence-electron chi connectivity index (χ1n) is 8.84. The molecule has 0 saturated carbocycles. The number of rotatable bonds is 4. The summed E-state index contributed by atoms with van der Waals surface area (Å²) < 4.78 is 21.2. The van der Waals surface area contributed by atoms with Crippen molar-refractivity contribution < 1.29 is 28.2 Å². The van der Waals surface area contributed by atoms with Gasteiger partial charge in [0.2, 0.25) is 5.89 Å². The number of carbonyl (C=O) groups excluding carboxylic acids is 2. The van der Waals surface area contributed by atoms with Crippen LogP contribution in [0.3, 0.4) is 0 Å². The third kappa shape index (κ3) is 3.34. The average molecular weight is 394 g/mol.